The number of amides is 1. The zero-order chi connectivity index (χ0) is 24.8. The number of nitrogens with zero attached hydrogens (tertiary/aromatic N) is 2. The average molecular weight is 506 g/mol. The molecule has 4 aromatic rings. The number of hydrogen-bond donors (Lipinski definition) is 1. The molecule has 0 saturated carbocycles. The van der Waals surface area contributed by atoms with Gasteiger partial charge in [0.05, 0.1) is 10.6 Å². The second-order valence-electron chi connectivity index (χ2n) is 8.03. The Bertz CT molecular complexity index is 1410. The fourth-order valence-electron chi connectivity index (χ4n) is 3.69. The maximum Gasteiger partial charge on any atom is 0.264 e. The molecule has 1 amide bonds. The Kier molecular flexibility index (Phi) is 7.48. The minimum atomic E-state index is -3.99. The Hall–Kier alpha value is -3.68. The van der Waals surface area contributed by atoms with Gasteiger partial charge in [-0.2, -0.15) is 0 Å². The van der Waals surface area contributed by atoms with E-state index >= 15 is 0 Å². The summed E-state index contributed by atoms with van der Waals surface area (Å²) in [5.74, 6) is -0.458. The van der Waals surface area contributed by atoms with Gasteiger partial charge in [-0.1, -0.05) is 41.9 Å². The molecule has 6 nitrogen and oxygen atoms in total. The van der Waals surface area contributed by atoms with E-state index in [0.717, 1.165) is 21.9 Å². The molecule has 1 heterocycles. The van der Waals surface area contributed by atoms with E-state index < -0.39 is 22.5 Å². The quantitative estimate of drug-likeness (QED) is 0.344. The fourth-order valence-corrected chi connectivity index (χ4v) is 5.42. The van der Waals surface area contributed by atoms with Crippen LogP contribution in [-0.4, -0.2) is 25.9 Å². The van der Waals surface area contributed by atoms with Gasteiger partial charge in [-0.3, -0.25) is 14.1 Å². The van der Waals surface area contributed by atoms with E-state index in [1.165, 1.54) is 12.1 Å². The van der Waals surface area contributed by atoms with Gasteiger partial charge in [0.25, 0.3) is 10.0 Å². The third-order valence-corrected chi connectivity index (χ3v) is 7.45. The molecule has 0 radical (unpaired) electrons. The number of pyridine rings is 1. The number of benzene rings is 3. The van der Waals surface area contributed by atoms with Gasteiger partial charge >= 0.3 is 0 Å². The molecule has 0 spiro atoms. The van der Waals surface area contributed by atoms with Gasteiger partial charge in [-0.15, -0.1) is 0 Å². The normalized spacial score (nSPS) is 11.1. The first-order valence-electron chi connectivity index (χ1n) is 10.9. The smallest absolute Gasteiger partial charge is 0.264 e. The number of anilines is 2. The Morgan fingerprint density at radius 2 is 1.57 bits per heavy atom. The summed E-state index contributed by atoms with van der Waals surface area (Å²) >= 11 is 6.08. The highest BCUT2D eigenvalue weighted by molar-refractivity contribution is 7.92. The minimum absolute atomic E-state index is 0.0996. The second-order valence-corrected chi connectivity index (χ2v) is 10.3. The molecular weight excluding hydrogens is 482 g/mol. The van der Waals surface area contributed by atoms with Crippen molar-refractivity contribution in [3.63, 3.8) is 0 Å². The van der Waals surface area contributed by atoms with Gasteiger partial charge in [0.1, 0.15) is 6.54 Å². The Balaban J connectivity index is 1.54. The molecule has 0 atom stereocenters. The van der Waals surface area contributed by atoms with Gasteiger partial charge in [0.15, 0.2) is 0 Å². The van der Waals surface area contributed by atoms with E-state index in [1.807, 2.05) is 24.3 Å². The predicted molar refractivity (Wildman–Crippen MR) is 139 cm³/mol. The van der Waals surface area contributed by atoms with E-state index in [0.29, 0.717) is 22.0 Å². The number of aryl methyl sites for hydroxylation is 1. The summed E-state index contributed by atoms with van der Waals surface area (Å²) in [5, 5.41) is 3.29. The molecular formula is C27H24ClN3O3S. The van der Waals surface area contributed by atoms with Crippen molar-refractivity contribution in [3.05, 3.63) is 119 Å². The maximum absolute atomic E-state index is 13.5. The lowest BCUT2D eigenvalue weighted by Crippen LogP contribution is -2.38. The summed E-state index contributed by atoms with van der Waals surface area (Å²) < 4.78 is 28.1. The molecule has 1 N–H and O–H groups in total. The van der Waals surface area contributed by atoms with Crippen LogP contribution in [0.1, 0.15) is 16.7 Å². The van der Waals surface area contributed by atoms with Crippen molar-refractivity contribution in [1.82, 2.24) is 4.98 Å². The fraction of sp³-hybridized carbons (Fsp3) is 0.111. The van der Waals surface area contributed by atoms with E-state index in [-0.39, 0.29) is 4.90 Å². The highest BCUT2D eigenvalue weighted by Gasteiger charge is 2.28. The summed E-state index contributed by atoms with van der Waals surface area (Å²) in [7, 11) is -3.99. The molecule has 0 bridgehead atoms. The standard InChI is InChI=1S/C27H24ClN3O3S/c1-20-17-23(28)9-12-26(20)31(35(33,34)25-5-3-2-4-6-25)19-27(32)30-24-10-7-21(8-11-24)18-22-13-15-29-16-14-22/h2-17H,18-19H2,1H3,(H,30,32). The van der Waals surface area contributed by atoms with Crippen LogP contribution in [0.25, 0.3) is 0 Å². The van der Waals surface area contributed by atoms with Crippen molar-refractivity contribution < 1.29 is 13.2 Å². The molecule has 0 aliphatic rings. The van der Waals surface area contributed by atoms with Crippen LogP contribution in [0.5, 0.6) is 0 Å². The molecule has 0 fully saturated rings. The van der Waals surface area contributed by atoms with E-state index in [4.69, 9.17) is 11.6 Å². The third kappa shape index (κ3) is 6.07. The van der Waals surface area contributed by atoms with Crippen LogP contribution in [-0.2, 0) is 21.2 Å². The van der Waals surface area contributed by atoms with E-state index in [2.05, 4.69) is 10.3 Å². The third-order valence-electron chi connectivity index (χ3n) is 5.44. The van der Waals surface area contributed by atoms with Crippen LogP contribution in [0, 0.1) is 6.92 Å². The lowest BCUT2D eigenvalue weighted by molar-refractivity contribution is -0.114. The first-order chi connectivity index (χ1) is 16.8. The van der Waals surface area contributed by atoms with Crippen LogP contribution in [0.4, 0.5) is 11.4 Å². The highest BCUT2D eigenvalue weighted by atomic mass is 35.5. The monoisotopic (exact) mass is 505 g/mol. The zero-order valence-corrected chi connectivity index (χ0v) is 20.6. The summed E-state index contributed by atoms with van der Waals surface area (Å²) in [5.41, 5.74) is 3.83. The molecule has 0 aliphatic carbocycles. The Morgan fingerprint density at radius 3 is 2.23 bits per heavy atom. The number of carbonyl (C=O) groups is 1. The Morgan fingerprint density at radius 1 is 0.914 bits per heavy atom. The van der Waals surface area contributed by atoms with Crippen LogP contribution >= 0.6 is 11.6 Å². The van der Waals surface area contributed by atoms with Crippen molar-refractivity contribution in [2.75, 3.05) is 16.2 Å². The zero-order valence-electron chi connectivity index (χ0n) is 19.1. The summed E-state index contributed by atoms with van der Waals surface area (Å²) in [4.78, 5) is 17.1. The van der Waals surface area contributed by atoms with Gasteiger partial charge in [-0.25, -0.2) is 8.42 Å². The van der Waals surface area contributed by atoms with Crippen molar-refractivity contribution in [1.29, 1.82) is 0 Å². The summed E-state index contributed by atoms with van der Waals surface area (Å²) in [6.45, 7) is 1.37. The number of rotatable bonds is 8. The van der Waals surface area contributed by atoms with Crippen molar-refractivity contribution >= 4 is 38.9 Å². The van der Waals surface area contributed by atoms with Crippen molar-refractivity contribution in [2.24, 2.45) is 0 Å². The first-order valence-corrected chi connectivity index (χ1v) is 12.8. The predicted octanol–water partition coefficient (Wildman–Crippen LogP) is 5.47. The Labute approximate surface area is 210 Å². The van der Waals surface area contributed by atoms with Gasteiger partial charge in [0.2, 0.25) is 5.91 Å². The number of nitrogens with one attached hydrogen (secondary N) is 1. The lowest BCUT2D eigenvalue weighted by atomic mass is 10.1. The topological polar surface area (TPSA) is 79.4 Å². The van der Waals surface area contributed by atoms with Gasteiger partial charge in [0, 0.05) is 23.1 Å². The average Bonchev–Trinajstić information content (AvgIpc) is 2.85. The maximum atomic E-state index is 13.5. The van der Waals surface area contributed by atoms with Crippen LogP contribution in [0.2, 0.25) is 5.02 Å². The van der Waals surface area contributed by atoms with Crippen molar-refractivity contribution in [2.45, 2.75) is 18.2 Å². The molecule has 1 aromatic heterocycles. The van der Waals surface area contributed by atoms with Crippen LogP contribution < -0.4 is 9.62 Å². The van der Waals surface area contributed by atoms with E-state index in [1.54, 1.807) is 67.8 Å². The lowest BCUT2D eigenvalue weighted by Gasteiger charge is -2.25. The molecule has 0 unspecified atom stereocenters. The van der Waals surface area contributed by atoms with E-state index in [9.17, 15) is 13.2 Å². The largest absolute Gasteiger partial charge is 0.325 e. The minimum Gasteiger partial charge on any atom is -0.325 e. The number of aromatic nitrogens is 1. The second kappa shape index (κ2) is 10.7. The molecule has 178 valence electrons. The number of carbonyl (C=O) groups excluding carboxylic acids is 1. The van der Waals surface area contributed by atoms with Gasteiger partial charge in [-0.05, 0) is 84.6 Å². The summed E-state index contributed by atoms with van der Waals surface area (Å²) in [6.07, 6.45) is 4.25. The SMILES string of the molecule is Cc1cc(Cl)ccc1N(CC(=O)Nc1ccc(Cc2ccncc2)cc1)S(=O)(=O)c1ccccc1. The van der Waals surface area contributed by atoms with Crippen LogP contribution in [0.3, 0.4) is 0 Å². The van der Waals surface area contributed by atoms with Crippen LogP contribution in [0.15, 0.2) is 102 Å². The number of sulfonamides is 1. The molecule has 35 heavy (non-hydrogen) atoms. The van der Waals surface area contributed by atoms with Gasteiger partial charge < -0.3 is 5.32 Å². The molecule has 3 aromatic carbocycles. The molecule has 8 heteroatoms. The summed E-state index contributed by atoms with van der Waals surface area (Å²) in [6, 6.07) is 24.3. The molecule has 0 aliphatic heterocycles. The highest BCUT2D eigenvalue weighted by Crippen LogP contribution is 2.29. The number of hydrogen-bond acceptors (Lipinski definition) is 4. The van der Waals surface area contributed by atoms with Crippen molar-refractivity contribution in [3.8, 4) is 0 Å². The molecule has 0 saturated heterocycles. The first kappa shape index (κ1) is 24.4. The molecule has 4 rings (SSSR count). The number of halogens is 1.